The van der Waals surface area contributed by atoms with Crippen molar-refractivity contribution >= 4 is 33.1 Å². The molecule has 1 fully saturated rings. The Bertz CT molecular complexity index is 144. The Morgan fingerprint density at radius 1 is 1.54 bits per heavy atom. The first-order chi connectivity index (χ1) is 6.29. The minimum atomic E-state index is 0.147. The molecule has 0 aliphatic carbocycles. The van der Waals surface area contributed by atoms with Crippen molar-refractivity contribution in [2.45, 2.75) is 31.8 Å². The van der Waals surface area contributed by atoms with Crippen LogP contribution in [0, 0.1) is 5.92 Å². The summed E-state index contributed by atoms with van der Waals surface area (Å²) >= 11 is 0. The van der Waals surface area contributed by atoms with Crippen molar-refractivity contribution in [3.05, 3.63) is 0 Å². The van der Waals surface area contributed by atoms with E-state index in [0.29, 0.717) is 0 Å². The Balaban J connectivity index is 2.34. The van der Waals surface area contributed by atoms with Crippen LogP contribution < -0.4 is 0 Å². The Hall–Kier alpha value is 1.68. The van der Waals surface area contributed by atoms with Gasteiger partial charge in [0.05, 0.1) is 13.2 Å². The summed E-state index contributed by atoms with van der Waals surface area (Å²) < 4.78 is 5.59. The Morgan fingerprint density at radius 3 is 2.92 bits per heavy atom. The van der Waals surface area contributed by atoms with E-state index in [1.807, 2.05) is 0 Å². The van der Waals surface area contributed by atoms with Gasteiger partial charge < -0.3 is 4.74 Å². The van der Waals surface area contributed by atoms with Gasteiger partial charge in [-0.3, -0.25) is 0 Å². The van der Waals surface area contributed by atoms with Crippen LogP contribution in [0.4, 0.5) is 0 Å². The first-order valence-corrected chi connectivity index (χ1v) is 11.6. The molecule has 0 aromatic rings. The van der Waals surface area contributed by atoms with E-state index in [4.69, 9.17) is 4.74 Å². The molecule has 78 valence electrons. The number of ether oxygens (including phenoxy) is 1. The third-order valence-corrected chi connectivity index (χ3v) is 13.9. The third kappa shape index (κ3) is 3.97. The highest BCUT2D eigenvalue weighted by atomic mass is 32.6. The summed E-state index contributed by atoms with van der Waals surface area (Å²) in [7, 11) is 7.11. The predicted octanol–water partition coefficient (Wildman–Crippen LogP) is 3.85. The topological polar surface area (TPSA) is 9.23 Å². The summed E-state index contributed by atoms with van der Waals surface area (Å²) in [6.07, 6.45) is 4.07. The minimum absolute atomic E-state index is 0.147. The molecule has 1 rings (SSSR count). The molecule has 13 heavy (non-hydrogen) atoms. The summed E-state index contributed by atoms with van der Waals surface area (Å²) in [5, 5.41) is 0. The minimum Gasteiger partial charge on any atom is -0.380 e. The largest absolute Gasteiger partial charge is 0.380 e. The first kappa shape index (κ1) is 12.7. The SMILES string of the molecule is CCCC[C@H]1COC[C@H]1P(P)PP. The molecular formula is C8H20OP4. The van der Waals surface area contributed by atoms with Crippen molar-refractivity contribution in [1.82, 2.24) is 0 Å². The Labute approximate surface area is 89.2 Å². The highest BCUT2D eigenvalue weighted by Crippen LogP contribution is 2.71. The number of hydrogen-bond donors (Lipinski definition) is 0. The average molecular weight is 256 g/mol. The molecule has 1 heterocycles. The van der Waals surface area contributed by atoms with Gasteiger partial charge in [-0.15, -0.1) is 17.9 Å². The molecule has 5 heteroatoms. The van der Waals surface area contributed by atoms with E-state index >= 15 is 0 Å². The van der Waals surface area contributed by atoms with Gasteiger partial charge in [-0.1, -0.05) is 35.0 Å². The molecule has 1 nitrogen and oxygen atoms in total. The summed E-state index contributed by atoms with van der Waals surface area (Å²) in [5.41, 5.74) is 0.863. The van der Waals surface area contributed by atoms with Gasteiger partial charge in [0.1, 0.15) is 0 Å². The fourth-order valence-corrected chi connectivity index (χ4v) is 7.02. The summed E-state index contributed by atoms with van der Waals surface area (Å²) in [4.78, 5) is 0. The van der Waals surface area contributed by atoms with Gasteiger partial charge in [-0.05, 0) is 12.3 Å². The van der Waals surface area contributed by atoms with Gasteiger partial charge in [0, 0.05) is 5.66 Å². The maximum atomic E-state index is 5.59. The predicted molar refractivity (Wildman–Crippen MR) is 72.3 cm³/mol. The summed E-state index contributed by atoms with van der Waals surface area (Å²) in [6, 6.07) is 0. The van der Waals surface area contributed by atoms with E-state index in [1.54, 1.807) is 0 Å². The van der Waals surface area contributed by atoms with Gasteiger partial charge >= 0.3 is 0 Å². The monoisotopic (exact) mass is 256 g/mol. The molecule has 0 aromatic heterocycles. The lowest BCUT2D eigenvalue weighted by atomic mass is 10.0. The maximum absolute atomic E-state index is 5.59. The van der Waals surface area contributed by atoms with Crippen LogP contribution in [0.5, 0.6) is 0 Å². The molecule has 0 amide bonds. The quantitative estimate of drug-likeness (QED) is 0.679. The van der Waals surface area contributed by atoms with E-state index in [-0.39, 0.29) is 7.30 Å². The average Bonchev–Trinajstić information content (AvgIpc) is 2.61. The van der Waals surface area contributed by atoms with Crippen molar-refractivity contribution in [3.8, 4) is 0 Å². The van der Waals surface area contributed by atoms with Crippen LogP contribution in [0.2, 0.25) is 0 Å². The smallest absolute Gasteiger partial charge is 0.0543 e. The van der Waals surface area contributed by atoms with Gasteiger partial charge in [-0.2, -0.15) is 0 Å². The molecular weight excluding hydrogens is 236 g/mol. The standard InChI is InChI=1S/C8H20OP4/c1-2-3-4-7-5-9-6-8(7)13(11)12-10/h7-8,12H,2-6,10-11H2,1H3/t7-,8+,13?/m0/s1. The molecule has 0 radical (unpaired) electrons. The highest BCUT2D eigenvalue weighted by Gasteiger charge is 2.31. The zero-order chi connectivity index (χ0) is 9.68. The van der Waals surface area contributed by atoms with Gasteiger partial charge in [0.2, 0.25) is 0 Å². The van der Waals surface area contributed by atoms with Crippen molar-refractivity contribution in [2.75, 3.05) is 13.2 Å². The highest BCUT2D eigenvalue weighted by molar-refractivity contribution is 8.61. The lowest BCUT2D eigenvalue weighted by Gasteiger charge is -2.22. The first-order valence-electron chi connectivity index (χ1n) is 4.87. The van der Waals surface area contributed by atoms with Crippen molar-refractivity contribution in [1.29, 1.82) is 0 Å². The Morgan fingerprint density at radius 2 is 2.31 bits per heavy atom. The van der Waals surface area contributed by atoms with Gasteiger partial charge in [0.15, 0.2) is 0 Å². The molecule has 0 aromatic carbocycles. The molecule has 4 unspecified atom stereocenters. The second kappa shape index (κ2) is 7.04. The van der Waals surface area contributed by atoms with Crippen LogP contribution in [0.1, 0.15) is 26.2 Å². The fourth-order valence-electron chi connectivity index (χ4n) is 1.73. The third-order valence-electron chi connectivity index (χ3n) is 2.60. The van der Waals surface area contributed by atoms with Crippen molar-refractivity contribution in [3.63, 3.8) is 0 Å². The van der Waals surface area contributed by atoms with Crippen molar-refractivity contribution < 1.29 is 4.74 Å². The summed E-state index contributed by atoms with van der Waals surface area (Å²) in [5.74, 6) is 0.858. The lowest BCUT2D eigenvalue weighted by Crippen LogP contribution is -2.13. The molecule has 1 aliphatic heterocycles. The molecule has 0 N–H and O–H groups in total. The van der Waals surface area contributed by atoms with Crippen LogP contribution in [-0.4, -0.2) is 18.9 Å². The second-order valence-corrected chi connectivity index (χ2v) is 13.1. The van der Waals surface area contributed by atoms with Crippen LogP contribution in [0.3, 0.4) is 0 Å². The molecule has 0 spiro atoms. The second-order valence-electron chi connectivity index (χ2n) is 3.54. The number of hydrogen-bond acceptors (Lipinski definition) is 1. The molecule has 1 saturated heterocycles. The van der Waals surface area contributed by atoms with Crippen molar-refractivity contribution in [2.24, 2.45) is 5.92 Å². The zero-order valence-corrected chi connectivity index (χ0v) is 12.4. The normalized spacial score (nSPS) is 31.6. The van der Waals surface area contributed by atoms with Crippen LogP contribution >= 0.6 is 33.1 Å². The van der Waals surface area contributed by atoms with Gasteiger partial charge in [0.25, 0.3) is 0 Å². The van der Waals surface area contributed by atoms with Gasteiger partial charge in [-0.25, -0.2) is 0 Å². The number of unbranched alkanes of at least 4 members (excludes halogenated alkanes) is 1. The lowest BCUT2D eigenvalue weighted by molar-refractivity contribution is 0.184. The molecule has 0 bridgehead atoms. The molecule has 0 saturated carbocycles. The number of rotatable bonds is 5. The van der Waals surface area contributed by atoms with E-state index in [2.05, 4.69) is 24.8 Å². The molecule has 1 aliphatic rings. The van der Waals surface area contributed by atoms with E-state index in [0.717, 1.165) is 32.7 Å². The van der Waals surface area contributed by atoms with Crippen LogP contribution in [-0.2, 0) is 4.74 Å². The van der Waals surface area contributed by atoms with Crippen LogP contribution in [0.15, 0.2) is 0 Å². The maximum Gasteiger partial charge on any atom is 0.0543 e. The van der Waals surface area contributed by atoms with E-state index in [1.165, 1.54) is 19.3 Å². The van der Waals surface area contributed by atoms with E-state index < -0.39 is 0 Å². The van der Waals surface area contributed by atoms with Crippen LogP contribution in [0.25, 0.3) is 0 Å². The zero-order valence-electron chi connectivity index (χ0n) is 8.20. The van der Waals surface area contributed by atoms with E-state index in [9.17, 15) is 0 Å². The molecule has 6 atom stereocenters. The summed E-state index contributed by atoms with van der Waals surface area (Å²) in [6.45, 7) is 4.31. The fraction of sp³-hybridized carbons (Fsp3) is 1.00. The Kier molecular flexibility index (Phi) is 6.90.